The SMILES string of the molecule is NCC1c2[nH]c3ccc(Cl)cc3c2CCN1C(=O)c1ccc(Cl)cc1. The van der Waals surface area contributed by atoms with Crippen molar-refractivity contribution in [2.24, 2.45) is 5.73 Å². The molecule has 0 saturated heterocycles. The normalized spacial score (nSPS) is 16.9. The van der Waals surface area contributed by atoms with Crippen LogP contribution in [0.2, 0.25) is 10.0 Å². The van der Waals surface area contributed by atoms with Gasteiger partial charge in [-0.05, 0) is 54.4 Å². The van der Waals surface area contributed by atoms with Crippen molar-refractivity contribution in [1.82, 2.24) is 9.88 Å². The minimum absolute atomic E-state index is 0.0329. The van der Waals surface area contributed by atoms with Gasteiger partial charge in [-0.2, -0.15) is 0 Å². The van der Waals surface area contributed by atoms with Crippen LogP contribution >= 0.6 is 23.2 Å². The molecule has 0 aliphatic carbocycles. The molecule has 3 N–H and O–H groups in total. The summed E-state index contributed by atoms with van der Waals surface area (Å²) < 4.78 is 0. The van der Waals surface area contributed by atoms with E-state index in [0.717, 1.165) is 23.0 Å². The van der Waals surface area contributed by atoms with E-state index in [1.807, 2.05) is 23.1 Å². The smallest absolute Gasteiger partial charge is 0.254 e. The summed E-state index contributed by atoms with van der Waals surface area (Å²) in [6.45, 7) is 0.975. The van der Waals surface area contributed by atoms with Crippen LogP contribution in [0.4, 0.5) is 0 Å². The molecule has 0 spiro atoms. The Morgan fingerprint density at radius 1 is 1.16 bits per heavy atom. The van der Waals surface area contributed by atoms with Gasteiger partial charge in [0.05, 0.1) is 6.04 Å². The van der Waals surface area contributed by atoms with E-state index in [0.29, 0.717) is 28.7 Å². The minimum Gasteiger partial charge on any atom is -0.356 e. The number of halogens is 2. The third-order valence-electron chi connectivity index (χ3n) is 4.79. The Morgan fingerprint density at radius 2 is 1.88 bits per heavy atom. The van der Waals surface area contributed by atoms with Crippen LogP contribution in [0.15, 0.2) is 42.5 Å². The number of rotatable bonds is 2. The summed E-state index contributed by atoms with van der Waals surface area (Å²) >= 11 is 12.1. The Labute approximate surface area is 155 Å². The highest BCUT2D eigenvalue weighted by Crippen LogP contribution is 2.35. The average Bonchev–Trinajstić information content (AvgIpc) is 2.99. The topological polar surface area (TPSA) is 62.1 Å². The molecule has 0 radical (unpaired) electrons. The van der Waals surface area contributed by atoms with Gasteiger partial charge in [-0.1, -0.05) is 23.2 Å². The number of fused-ring (bicyclic) bond motifs is 3. The highest BCUT2D eigenvalue weighted by Gasteiger charge is 2.32. The minimum atomic E-state index is -0.182. The molecule has 1 atom stereocenters. The molecule has 0 saturated carbocycles. The monoisotopic (exact) mass is 373 g/mol. The van der Waals surface area contributed by atoms with Crippen molar-refractivity contribution in [2.75, 3.05) is 13.1 Å². The summed E-state index contributed by atoms with van der Waals surface area (Å²) in [4.78, 5) is 18.2. The number of benzene rings is 2. The maximum Gasteiger partial charge on any atom is 0.254 e. The number of carbonyl (C=O) groups is 1. The van der Waals surface area contributed by atoms with Crippen LogP contribution in [0.3, 0.4) is 0 Å². The van der Waals surface area contributed by atoms with Crippen molar-refractivity contribution < 1.29 is 4.79 Å². The van der Waals surface area contributed by atoms with E-state index < -0.39 is 0 Å². The molecule has 6 heteroatoms. The van der Waals surface area contributed by atoms with E-state index in [9.17, 15) is 4.79 Å². The fourth-order valence-electron chi connectivity index (χ4n) is 3.58. The van der Waals surface area contributed by atoms with Crippen LogP contribution in [0.5, 0.6) is 0 Å². The van der Waals surface area contributed by atoms with E-state index in [1.165, 1.54) is 5.56 Å². The number of aromatic nitrogens is 1. The highest BCUT2D eigenvalue weighted by atomic mass is 35.5. The molecule has 2 aromatic carbocycles. The first kappa shape index (κ1) is 16.5. The van der Waals surface area contributed by atoms with Crippen molar-refractivity contribution in [3.05, 3.63) is 69.3 Å². The molecule has 25 heavy (non-hydrogen) atoms. The second-order valence-electron chi connectivity index (χ2n) is 6.21. The fourth-order valence-corrected chi connectivity index (χ4v) is 3.88. The summed E-state index contributed by atoms with van der Waals surface area (Å²) in [5, 5.41) is 2.43. The van der Waals surface area contributed by atoms with Crippen LogP contribution in [-0.2, 0) is 6.42 Å². The molecule has 2 heterocycles. The van der Waals surface area contributed by atoms with Gasteiger partial charge in [0.15, 0.2) is 0 Å². The molecule has 128 valence electrons. The molecule has 0 bridgehead atoms. The van der Waals surface area contributed by atoms with Crippen molar-refractivity contribution >= 4 is 40.0 Å². The zero-order valence-electron chi connectivity index (χ0n) is 13.4. The molecule has 1 unspecified atom stereocenters. The fraction of sp³-hybridized carbons (Fsp3) is 0.211. The summed E-state index contributed by atoms with van der Waals surface area (Å²) in [6, 6.07) is 12.6. The maximum absolute atomic E-state index is 13.0. The Balaban J connectivity index is 1.74. The third kappa shape index (κ3) is 2.80. The Bertz CT molecular complexity index is 949. The molecule has 1 aliphatic rings. The second-order valence-corrected chi connectivity index (χ2v) is 7.09. The van der Waals surface area contributed by atoms with E-state index in [-0.39, 0.29) is 11.9 Å². The summed E-state index contributed by atoms with van der Waals surface area (Å²) in [5.74, 6) is -0.0329. The number of H-pyrrole nitrogens is 1. The first-order valence-corrected chi connectivity index (χ1v) is 8.90. The maximum atomic E-state index is 13.0. The number of hydrogen-bond donors (Lipinski definition) is 2. The predicted molar refractivity (Wildman–Crippen MR) is 101 cm³/mol. The molecule has 1 aliphatic heterocycles. The number of amides is 1. The summed E-state index contributed by atoms with van der Waals surface area (Å²) in [5.41, 5.74) is 9.89. The first-order chi connectivity index (χ1) is 12.1. The van der Waals surface area contributed by atoms with Crippen LogP contribution in [-0.4, -0.2) is 28.9 Å². The molecule has 0 fully saturated rings. The van der Waals surface area contributed by atoms with Crippen LogP contribution in [0.1, 0.15) is 27.7 Å². The van der Waals surface area contributed by atoms with Gasteiger partial charge in [-0.25, -0.2) is 0 Å². The lowest BCUT2D eigenvalue weighted by molar-refractivity contribution is 0.0664. The lowest BCUT2D eigenvalue weighted by Gasteiger charge is -2.35. The van der Waals surface area contributed by atoms with Crippen LogP contribution < -0.4 is 5.73 Å². The number of nitrogens with zero attached hydrogens (tertiary/aromatic N) is 1. The number of hydrogen-bond acceptors (Lipinski definition) is 2. The zero-order chi connectivity index (χ0) is 17.6. The molecule has 1 amide bonds. The van der Waals surface area contributed by atoms with Crippen molar-refractivity contribution in [3.63, 3.8) is 0 Å². The Morgan fingerprint density at radius 3 is 2.60 bits per heavy atom. The van der Waals surface area contributed by atoms with Gasteiger partial charge in [0.1, 0.15) is 0 Å². The van der Waals surface area contributed by atoms with Gasteiger partial charge in [0.25, 0.3) is 5.91 Å². The number of nitrogens with two attached hydrogens (primary N) is 1. The van der Waals surface area contributed by atoms with Gasteiger partial charge in [-0.15, -0.1) is 0 Å². The zero-order valence-corrected chi connectivity index (χ0v) is 14.9. The van der Waals surface area contributed by atoms with Gasteiger partial charge >= 0.3 is 0 Å². The lowest BCUT2D eigenvalue weighted by atomic mass is 9.96. The van der Waals surface area contributed by atoms with Crippen molar-refractivity contribution in [1.29, 1.82) is 0 Å². The first-order valence-electron chi connectivity index (χ1n) is 8.15. The van der Waals surface area contributed by atoms with E-state index in [2.05, 4.69) is 4.98 Å². The predicted octanol–water partition coefficient (Wildman–Crippen LogP) is 4.17. The molecular weight excluding hydrogens is 357 g/mol. The number of aromatic amines is 1. The van der Waals surface area contributed by atoms with Gasteiger partial charge in [0, 0.05) is 45.3 Å². The third-order valence-corrected chi connectivity index (χ3v) is 5.28. The second kappa shape index (κ2) is 6.37. The van der Waals surface area contributed by atoms with Crippen LogP contribution in [0.25, 0.3) is 10.9 Å². The summed E-state index contributed by atoms with van der Waals surface area (Å²) in [6.07, 6.45) is 0.769. The standard InChI is InChI=1S/C19H17Cl2N3O/c20-12-3-1-11(2-4-12)19(25)24-8-7-14-15-9-13(21)5-6-16(15)23-18(14)17(24)10-22/h1-6,9,17,23H,7-8,10,22H2. The Hall–Kier alpha value is -2.01. The quantitative estimate of drug-likeness (QED) is 0.707. The average molecular weight is 374 g/mol. The molecule has 4 rings (SSSR count). The van der Waals surface area contributed by atoms with Gasteiger partial charge in [-0.3, -0.25) is 4.79 Å². The molecule has 1 aromatic heterocycles. The van der Waals surface area contributed by atoms with E-state index in [4.69, 9.17) is 28.9 Å². The number of carbonyl (C=O) groups excluding carboxylic acids is 1. The lowest BCUT2D eigenvalue weighted by Crippen LogP contribution is -2.43. The molecular formula is C19H17Cl2N3O. The Kier molecular flexibility index (Phi) is 4.20. The molecule has 4 nitrogen and oxygen atoms in total. The van der Waals surface area contributed by atoms with Gasteiger partial charge in [0.2, 0.25) is 0 Å². The van der Waals surface area contributed by atoms with E-state index in [1.54, 1.807) is 24.3 Å². The van der Waals surface area contributed by atoms with Crippen LogP contribution in [0, 0.1) is 0 Å². The summed E-state index contributed by atoms with van der Waals surface area (Å²) in [7, 11) is 0. The van der Waals surface area contributed by atoms with Crippen molar-refractivity contribution in [3.8, 4) is 0 Å². The highest BCUT2D eigenvalue weighted by molar-refractivity contribution is 6.31. The van der Waals surface area contributed by atoms with E-state index >= 15 is 0 Å². The van der Waals surface area contributed by atoms with Gasteiger partial charge < -0.3 is 15.6 Å². The number of nitrogens with one attached hydrogen (secondary N) is 1. The largest absolute Gasteiger partial charge is 0.356 e. The van der Waals surface area contributed by atoms with Crippen molar-refractivity contribution in [2.45, 2.75) is 12.5 Å². The molecule has 3 aromatic rings.